The number of allylic oxidation sites excluding steroid dienone is 1. The summed E-state index contributed by atoms with van der Waals surface area (Å²) in [6.07, 6.45) is 9.75. The van der Waals surface area contributed by atoms with Crippen molar-refractivity contribution in [1.29, 1.82) is 0 Å². The first-order chi connectivity index (χ1) is 10.8. The zero-order valence-corrected chi connectivity index (χ0v) is 15.6. The predicted molar refractivity (Wildman–Crippen MR) is 96.4 cm³/mol. The molecule has 2 rings (SSSR count). The number of hydrogen-bond acceptors (Lipinski definition) is 3. The third-order valence-corrected chi connectivity index (χ3v) is 6.00. The monoisotopic (exact) mass is 323 g/mol. The molecule has 0 spiro atoms. The summed E-state index contributed by atoms with van der Waals surface area (Å²) in [4.78, 5) is 2.50. The molecule has 2 N–H and O–H groups in total. The number of hydrogen-bond donors (Lipinski definition) is 2. The normalized spacial score (nSPS) is 34.9. The van der Waals surface area contributed by atoms with Crippen molar-refractivity contribution in [2.24, 2.45) is 11.8 Å². The van der Waals surface area contributed by atoms with Crippen molar-refractivity contribution in [3.8, 4) is 0 Å². The summed E-state index contributed by atoms with van der Waals surface area (Å²) in [6.45, 7) is 10.7. The molecule has 2 aliphatic rings. The standard InChI is InChI=1S/C20H37NO2/c1-5-18(22)16(3)10-9-15(2)12-17-13-20(4,23)19-8-6-7-11-21(19)14-17/h12,15-16,18-19,22-23H,5-11,13-14H2,1-4H3/b17-12-. The first kappa shape index (κ1) is 19.0. The van der Waals surface area contributed by atoms with Gasteiger partial charge in [0.05, 0.1) is 11.7 Å². The first-order valence-electron chi connectivity index (χ1n) is 9.67. The summed E-state index contributed by atoms with van der Waals surface area (Å²) in [5.74, 6) is 0.899. The maximum atomic E-state index is 10.9. The Balaban J connectivity index is 1.91. The molecule has 5 unspecified atom stereocenters. The van der Waals surface area contributed by atoms with Gasteiger partial charge in [-0.25, -0.2) is 0 Å². The van der Waals surface area contributed by atoms with Crippen molar-refractivity contribution in [2.45, 2.75) is 90.4 Å². The van der Waals surface area contributed by atoms with Gasteiger partial charge in [-0.1, -0.05) is 38.8 Å². The van der Waals surface area contributed by atoms with Gasteiger partial charge in [0.2, 0.25) is 0 Å². The fourth-order valence-corrected chi connectivity index (χ4v) is 4.50. The van der Waals surface area contributed by atoms with E-state index in [2.05, 4.69) is 24.8 Å². The molecule has 2 fully saturated rings. The van der Waals surface area contributed by atoms with Gasteiger partial charge in [0.15, 0.2) is 0 Å². The molecule has 0 aromatic carbocycles. The molecule has 3 nitrogen and oxygen atoms in total. The second kappa shape index (κ2) is 8.13. The summed E-state index contributed by atoms with van der Waals surface area (Å²) >= 11 is 0. The maximum Gasteiger partial charge on any atom is 0.0811 e. The van der Waals surface area contributed by atoms with Crippen LogP contribution in [0.15, 0.2) is 11.6 Å². The lowest BCUT2D eigenvalue weighted by Gasteiger charge is -2.49. The minimum absolute atomic E-state index is 0.167. The van der Waals surface area contributed by atoms with E-state index in [-0.39, 0.29) is 6.10 Å². The quantitative estimate of drug-likeness (QED) is 0.732. The molecule has 5 atom stereocenters. The van der Waals surface area contributed by atoms with Crippen molar-refractivity contribution in [3.63, 3.8) is 0 Å². The van der Waals surface area contributed by atoms with Gasteiger partial charge in [0.25, 0.3) is 0 Å². The summed E-state index contributed by atoms with van der Waals surface area (Å²) in [5, 5.41) is 20.8. The Hall–Kier alpha value is -0.380. The van der Waals surface area contributed by atoms with Crippen molar-refractivity contribution >= 4 is 0 Å². The highest BCUT2D eigenvalue weighted by Crippen LogP contribution is 2.36. The lowest BCUT2D eigenvalue weighted by atomic mass is 9.78. The van der Waals surface area contributed by atoms with E-state index in [0.29, 0.717) is 17.9 Å². The molecule has 0 radical (unpaired) electrons. The lowest BCUT2D eigenvalue weighted by Crippen LogP contribution is -2.57. The predicted octanol–water partition coefficient (Wildman–Crippen LogP) is 3.75. The minimum Gasteiger partial charge on any atom is -0.393 e. The fourth-order valence-electron chi connectivity index (χ4n) is 4.50. The van der Waals surface area contributed by atoms with Crippen LogP contribution in [0.5, 0.6) is 0 Å². The number of piperidine rings is 2. The molecule has 2 aliphatic heterocycles. The summed E-state index contributed by atoms with van der Waals surface area (Å²) < 4.78 is 0. The average molecular weight is 324 g/mol. The van der Waals surface area contributed by atoms with Crippen LogP contribution in [0.25, 0.3) is 0 Å². The molecule has 0 amide bonds. The number of nitrogens with zero attached hydrogens (tertiary/aromatic N) is 1. The van der Waals surface area contributed by atoms with Gasteiger partial charge in [-0.05, 0) is 63.8 Å². The average Bonchev–Trinajstić information content (AvgIpc) is 2.51. The van der Waals surface area contributed by atoms with Crippen LogP contribution in [-0.2, 0) is 0 Å². The zero-order valence-electron chi connectivity index (χ0n) is 15.6. The van der Waals surface area contributed by atoms with E-state index in [9.17, 15) is 10.2 Å². The van der Waals surface area contributed by atoms with Crippen LogP contribution in [0, 0.1) is 11.8 Å². The molecule has 0 saturated carbocycles. The van der Waals surface area contributed by atoms with Crippen LogP contribution in [0.2, 0.25) is 0 Å². The molecule has 0 bridgehead atoms. The molecule has 0 aromatic heterocycles. The third-order valence-electron chi connectivity index (χ3n) is 6.00. The Morgan fingerprint density at radius 1 is 1.30 bits per heavy atom. The van der Waals surface area contributed by atoms with Gasteiger partial charge in [-0.3, -0.25) is 4.90 Å². The van der Waals surface area contributed by atoms with Crippen molar-refractivity contribution < 1.29 is 10.2 Å². The summed E-state index contributed by atoms with van der Waals surface area (Å²) in [7, 11) is 0. The van der Waals surface area contributed by atoms with Crippen LogP contribution in [0.3, 0.4) is 0 Å². The summed E-state index contributed by atoms with van der Waals surface area (Å²) in [5.41, 5.74) is 0.833. The topological polar surface area (TPSA) is 43.7 Å². The zero-order chi connectivity index (χ0) is 17.0. The number of aliphatic hydroxyl groups excluding tert-OH is 1. The number of rotatable bonds is 6. The van der Waals surface area contributed by atoms with Crippen molar-refractivity contribution in [3.05, 3.63) is 11.6 Å². The van der Waals surface area contributed by atoms with Crippen molar-refractivity contribution in [1.82, 2.24) is 4.90 Å². The van der Waals surface area contributed by atoms with E-state index in [1.165, 1.54) is 18.4 Å². The molecule has 23 heavy (non-hydrogen) atoms. The Labute approximate surface area is 142 Å². The molecule has 2 heterocycles. The maximum absolute atomic E-state index is 10.9. The van der Waals surface area contributed by atoms with E-state index in [1.807, 2.05) is 13.8 Å². The van der Waals surface area contributed by atoms with E-state index in [0.717, 1.165) is 45.2 Å². The lowest BCUT2D eigenvalue weighted by molar-refractivity contribution is -0.0641. The van der Waals surface area contributed by atoms with Crippen molar-refractivity contribution in [2.75, 3.05) is 13.1 Å². The molecule has 134 valence electrons. The van der Waals surface area contributed by atoms with Gasteiger partial charge < -0.3 is 10.2 Å². The smallest absolute Gasteiger partial charge is 0.0811 e. The number of aliphatic hydroxyl groups is 2. The second-order valence-corrected chi connectivity index (χ2v) is 8.35. The SMILES string of the molecule is CCC(O)C(C)CCC(C)/C=C1\CN2CCCCC2C(C)(O)C1. The fraction of sp³-hybridized carbons (Fsp3) is 0.900. The van der Waals surface area contributed by atoms with Crippen LogP contribution in [0.4, 0.5) is 0 Å². The third kappa shape index (κ3) is 5.04. The van der Waals surface area contributed by atoms with Crippen LogP contribution in [-0.4, -0.2) is 45.9 Å². The highest BCUT2D eigenvalue weighted by molar-refractivity contribution is 5.17. The summed E-state index contributed by atoms with van der Waals surface area (Å²) in [6, 6.07) is 0.350. The highest BCUT2D eigenvalue weighted by atomic mass is 16.3. The number of fused-ring (bicyclic) bond motifs is 1. The molecular formula is C20H37NO2. The van der Waals surface area contributed by atoms with Gasteiger partial charge in [-0.15, -0.1) is 0 Å². The van der Waals surface area contributed by atoms with Crippen LogP contribution in [0.1, 0.15) is 72.6 Å². The highest BCUT2D eigenvalue weighted by Gasteiger charge is 2.42. The van der Waals surface area contributed by atoms with Crippen LogP contribution < -0.4 is 0 Å². The van der Waals surface area contributed by atoms with Gasteiger partial charge >= 0.3 is 0 Å². The first-order valence-corrected chi connectivity index (χ1v) is 9.67. The molecule has 2 saturated heterocycles. The molecule has 0 aromatic rings. The Kier molecular flexibility index (Phi) is 6.70. The van der Waals surface area contributed by atoms with Gasteiger partial charge in [0.1, 0.15) is 0 Å². The minimum atomic E-state index is -0.573. The Morgan fingerprint density at radius 3 is 2.74 bits per heavy atom. The Bertz CT molecular complexity index is 404. The second-order valence-electron chi connectivity index (χ2n) is 8.35. The Morgan fingerprint density at radius 2 is 2.04 bits per heavy atom. The van der Waals surface area contributed by atoms with E-state index < -0.39 is 5.60 Å². The van der Waals surface area contributed by atoms with Gasteiger partial charge in [-0.2, -0.15) is 0 Å². The largest absolute Gasteiger partial charge is 0.393 e. The molecule has 3 heteroatoms. The van der Waals surface area contributed by atoms with E-state index >= 15 is 0 Å². The van der Waals surface area contributed by atoms with E-state index in [1.54, 1.807) is 0 Å². The van der Waals surface area contributed by atoms with E-state index in [4.69, 9.17) is 0 Å². The van der Waals surface area contributed by atoms with Crippen LogP contribution >= 0.6 is 0 Å². The molecule has 0 aliphatic carbocycles. The molecular weight excluding hydrogens is 286 g/mol. The van der Waals surface area contributed by atoms with Gasteiger partial charge in [0, 0.05) is 12.6 Å².